The van der Waals surface area contributed by atoms with E-state index in [0.717, 1.165) is 53.2 Å². The van der Waals surface area contributed by atoms with Crippen LogP contribution in [-0.4, -0.2) is 28.6 Å². The van der Waals surface area contributed by atoms with E-state index in [1.165, 1.54) is 5.56 Å². The second-order valence-corrected chi connectivity index (χ2v) is 9.15. The molecule has 1 aromatic heterocycles. The average Bonchev–Trinajstić information content (AvgIpc) is 3.44. The zero-order valence-corrected chi connectivity index (χ0v) is 20.2. The fourth-order valence-electron chi connectivity index (χ4n) is 4.87. The number of anilines is 1. The maximum atomic E-state index is 12.9. The zero-order valence-electron chi connectivity index (χ0n) is 20.2. The number of hydrogen-bond donors (Lipinski definition) is 0. The van der Waals surface area contributed by atoms with Crippen LogP contribution in [0.5, 0.6) is 5.75 Å². The van der Waals surface area contributed by atoms with Crippen LogP contribution in [-0.2, 0) is 17.8 Å². The number of nitrogens with zero attached hydrogens (tertiary/aromatic N) is 3. The third-order valence-electron chi connectivity index (χ3n) is 6.64. The number of hydrogen-bond acceptors (Lipinski definition) is 3. The summed E-state index contributed by atoms with van der Waals surface area (Å²) in [4.78, 5) is 19.8. The molecule has 1 fully saturated rings. The Morgan fingerprint density at radius 3 is 2.66 bits per heavy atom. The molecular formula is C30H31N3O2. The number of para-hydroxylation sites is 3. The van der Waals surface area contributed by atoms with E-state index >= 15 is 0 Å². The lowest BCUT2D eigenvalue weighted by atomic mass is 10.1. The standard InChI is InChI=1S/C30H31N3O2/c1-3-9-23-10-4-7-13-28(23)35-19-8-18-32-27-12-6-5-11-26(27)31-30(32)24-20-29(34)33(21-24)25-16-14-22(2)15-17-25/h3-7,10-17,24H,1,8-9,18-21H2,2H3. The van der Waals surface area contributed by atoms with Crippen molar-refractivity contribution in [1.82, 2.24) is 9.55 Å². The lowest BCUT2D eigenvalue weighted by Crippen LogP contribution is -2.24. The summed E-state index contributed by atoms with van der Waals surface area (Å²) in [5.41, 5.74) is 5.37. The van der Waals surface area contributed by atoms with Crippen LogP contribution in [0.3, 0.4) is 0 Å². The number of benzene rings is 3. The van der Waals surface area contributed by atoms with E-state index in [-0.39, 0.29) is 11.8 Å². The highest BCUT2D eigenvalue weighted by molar-refractivity contribution is 5.96. The first-order valence-corrected chi connectivity index (χ1v) is 12.3. The Labute approximate surface area is 206 Å². The Morgan fingerprint density at radius 1 is 1.06 bits per heavy atom. The van der Waals surface area contributed by atoms with Crippen LogP contribution in [0.2, 0.25) is 0 Å². The summed E-state index contributed by atoms with van der Waals surface area (Å²) in [6.07, 6.45) is 4.01. The van der Waals surface area contributed by atoms with Gasteiger partial charge in [-0.1, -0.05) is 54.1 Å². The minimum atomic E-state index is 0.0606. The Morgan fingerprint density at radius 2 is 1.83 bits per heavy atom. The van der Waals surface area contributed by atoms with Crippen LogP contribution in [0.1, 0.15) is 35.7 Å². The summed E-state index contributed by atoms with van der Waals surface area (Å²) in [6.45, 7) is 7.95. The quantitative estimate of drug-likeness (QED) is 0.223. The van der Waals surface area contributed by atoms with Crippen molar-refractivity contribution in [3.8, 4) is 5.75 Å². The van der Waals surface area contributed by atoms with Crippen LogP contribution in [0.25, 0.3) is 11.0 Å². The fourth-order valence-corrected chi connectivity index (χ4v) is 4.87. The smallest absolute Gasteiger partial charge is 0.227 e. The molecule has 0 bridgehead atoms. The van der Waals surface area contributed by atoms with E-state index in [9.17, 15) is 4.79 Å². The first-order valence-electron chi connectivity index (χ1n) is 12.3. The second-order valence-electron chi connectivity index (χ2n) is 9.15. The van der Waals surface area contributed by atoms with Gasteiger partial charge < -0.3 is 14.2 Å². The molecule has 4 aromatic rings. The number of imidazole rings is 1. The van der Waals surface area contributed by atoms with Gasteiger partial charge in [0.1, 0.15) is 11.6 Å². The second kappa shape index (κ2) is 10.2. The van der Waals surface area contributed by atoms with Gasteiger partial charge >= 0.3 is 0 Å². The van der Waals surface area contributed by atoms with Gasteiger partial charge in [-0.2, -0.15) is 0 Å². The van der Waals surface area contributed by atoms with E-state index in [1.54, 1.807) is 0 Å². The molecule has 1 saturated heterocycles. The topological polar surface area (TPSA) is 47.4 Å². The number of amides is 1. The summed E-state index contributed by atoms with van der Waals surface area (Å²) < 4.78 is 8.41. The molecule has 0 aliphatic carbocycles. The minimum Gasteiger partial charge on any atom is -0.493 e. The summed E-state index contributed by atoms with van der Waals surface area (Å²) in [6, 6.07) is 24.5. The minimum absolute atomic E-state index is 0.0606. The summed E-state index contributed by atoms with van der Waals surface area (Å²) in [5.74, 6) is 2.12. The molecular weight excluding hydrogens is 434 g/mol. The van der Waals surface area contributed by atoms with Gasteiger partial charge in [-0.25, -0.2) is 4.98 Å². The van der Waals surface area contributed by atoms with Crippen molar-refractivity contribution >= 4 is 22.6 Å². The highest BCUT2D eigenvalue weighted by Gasteiger charge is 2.34. The van der Waals surface area contributed by atoms with Gasteiger partial charge in [0, 0.05) is 31.1 Å². The molecule has 1 amide bonds. The predicted molar refractivity (Wildman–Crippen MR) is 141 cm³/mol. The number of aryl methyl sites for hydroxylation is 2. The van der Waals surface area contributed by atoms with Gasteiger partial charge in [0.15, 0.2) is 0 Å². The van der Waals surface area contributed by atoms with Crippen molar-refractivity contribution in [2.45, 2.75) is 38.6 Å². The highest BCUT2D eigenvalue weighted by Crippen LogP contribution is 2.33. The SMILES string of the molecule is C=CCc1ccccc1OCCCn1c(C2CC(=O)N(c3ccc(C)cc3)C2)nc2ccccc21. The molecule has 1 aliphatic rings. The summed E-state index contributed by atoms with van der Waals surface area (Å²) in [5, 5.41) is 0. The molecule has 0 radical (unpaired) electrons. The van der Waals surface area contributed by atoms with Crippen LogP contribution >= 0.6 is 0 Å². The van der Waals surface area contributed by atoms with E-state index in [4.69, 9.17) is 9.72 Å². The van der Waals surface area contributed by atoms with Crippen molar-refractivity contribution in [3.63, 3.8) is 0 Å². The number of fused-ring (bicyclic) bond motifs is 1. The number of carbonyl (C=O) groups is 1. The molecule has 1 aliphatic heterocycles. The zero-order chi connectivity index (χ0) is 24.2. The third kappa shape index (κ3) is 4.85. The molecule has 178 valence electrons. The molecule has 5 heteroatoms. The van der Waals surface area contributed by atoms with Crippen molar-refractivity contribution in [2.24, 2.45) is 0 Å². The molecule has 0 spiro atoms. The lowest BCUT2D eigenvalue weighted by Gasteiger charge is -2.18. The summed E-state index contributed by atoms with van der Waals surface area (Å²) in [7, 11) is 0. The normalized spacial score (nSPS) is 15.6. The van der Waals surface area contributed by atoms with Crippen LogP contribution in [0.15, 0.2) is 85.5 Å². The number of allylic oxidation sites excluding steroid dienone is 1. The molecule has 5 nitrogen and oxygen atoms in total. The lowest BCUT2D eigenvalue weighted by molar-refractivity contribution is -0.117. The van der Waals surface area contributed by atoms with E-state index in [1.807, 2.05) is 59.5 Å². The first-order chi connectivity index (χ1) is 17.1. The van der Waals surface area contributed by atoms with Crippen LogP contribution in [0, 0.1) is 6.92 Å². The summed E-state index contributed by atoms with van der Waals surface area (Å²) >= 11 is 0. The van der Waals surface area contributed by atoms with Crippen molar-refractivity contribution in [1.29, 1.82) is 0 Å². The number of rotatable bonds is 9. The maximum Gasteiger partial charge on any atom is 0.227 e. The Balaban J connectivity index is 1.33. The molecule has 0 saturated carbocycles. The first kappa shape index (κ1) is 22.9. The predicted octanol–water partition coefficient (Wildman–Crippen LogP) is 6.06. The molecule has 3 aromatic carbocycles. The van der Waals surface area contributed by atoms with Crippen LogP contribution in [0.4, 0.5) is 5.69 Å². The van der Waals surface area contributed by atoms with Gasteiger partial charge in [0.25, 0.3) is 0 Å². The number of carbonyl (C=O) groups excluding carboxylic acids is 1. The Kier molecular flexibility index (Phi) is 6.66. The van der Waals surface area contributed by atoms with E-state index in [2.05, 4.69) is 42.3 Å². The monoisotopic (exact) mass is 465 g/mol. The van der Waals surface area contributed by atoms with Gasteiger partial charge in [-0.3, -0.25) is 4.79 Å². The Hall–Kier alpha value is -3.86. The van der Waals surface area contributed by atoms with Gasteiger partial charge in [-0.15, -0.1) is 6.58 Å². The highest BCUT2D eigenvalue weighted by atomic mass is 16.5. The number of aromatic nitrogens is 2. The van der Waals surface area contributed by atoms with Gasteiger partial charge in [0.05, 0.1) is 17.6 Å². The van der Waals surface area contributed by atoms with Gasteiger partial charge in [-0.05, 0) is 55.7 Å². The van der Waals surface area contributed by atoms with Crippen molar-refractivity contribution in [3.05, 3.63) is 102 Å². The molecule has 1 atom stereocenters. The van der Waals surface area contributed by atoms with E-state index < -0.39 is 0 Å². The third-order valence-corrected chi connectivity index (χ3v) is 6.64. The molecule has 35 heavy (non-hydrogen) atoms. The molecule has 0 N–H and O–H groups in total. The molecule has 5 rings (SSSR count). The molecule has 2 heterocycles. The van der Waals surface area contributed by atoms with Crippen molar-refractivity contribution < 1.29 is 9.53 Å². The fraction of sp³-hybridized carbons (Fsp3) is 0.267. The van der Waals surface area contributed by atoms with Gasteiger partial charge in [0.2, 0.25) is 5.91 Å². The van der Waals surface area contributed by atoms with E-state index in [0.29, 0.717) is 19.6 Å². The number of ether oxygens (including phenoxy) is 1. The Bertz CT molecular complexity index is 1340. The average molecular weight is 466 g/mol. The molecule has 1 unspecified atom stereocenters. The van der Waals surface area contributed by atoms with Crippen LogP contribution < -0.4 is 9.64 Å². The maximum absolute atomic E-state index is 12.9. The largest absolute Gasteiger partial charge is 0.493 e. The van der Waals surface area contributed by atoms with Crippen molar-refractivity contribution in [2.75, 3.05) is 18.1 Å².